The molecule has 0 saturated heterocycles. The minimum atomic E-state index is -0.0410. The molecule has 0 fully saturated rings. The van der Waals surface area contributed by atoms with Crippen molar-refractivity contribution >= 4 is 15.9 Å². The van der Waals surface area contributed by atoms with E-state index in [1.54, 1.807) is 0 Å². The van der Waals surface area contributed by atoms with Gasteiger partial charge in [0.1, 0.15) is 10.4 Å². The molecule has 0 aliphatic carbocycles. The molecule has 0 aliphatic rings. The SMILES string of the molecule is CCc1ccc(-c2nc(Br)c(CO)[nH]2)cc1. The number of aliphatic hydroxyl groups is 1. The Kier molecular flexibility index (Phi) is 3.41. The first-order valence-electron chi connectivity index (χ1n) is 5.19. The van der Waals surface area contributed by atoms with E-state index < -0.39 is 0 Å². The molecular formula is C12H13BrN2O. The summed E-state index contributed by atoms with van der Waals surface area (Å²) in [4.78, 5) is 7.39. The van der Waals surface area contributed by atoms with E-state index in [4.69, 9.17) is 5.11 Å². The molecule has 3 nitrogen and oxygen atoms in total. The molecule has 2 aromatic rings. The Hall–Kier alpha value is -1.13. The van der Waals surface area contributed by atoms with Crippen LogP contribution in [0.15, 0.2) is 28.9 Å². The van der Waals surface area contributed by atoms with Gasteiger partial charge in [-0.05, 0) is 27.9 Å². The molecule has 0 unspecified atom stereocenters. The second-order valence-corrected chi connectivity index (χ2v) is 4.31. The van der Waals surface area contributed by atoms with Gasteiger partial charge in [0.2, 0.25) is 0 Å². The lowest BCUT2D eigenvalue weighted by atomic mass is 10.1. The maximum atomic E-state index is 9.06. The van der Waals surface area contributed by atoms with Crippen LogP contribution in [-0.4, -0.2) is 15.1 Å². The summed E-state index contributed by atoms with van der Waals surface area (Å²) in [6, 6.07) is 8.24. The van der Waals surface area contributed by atoms with E-state index >= 15 is 0 Å². The third-order valence-electron chi connectivity index (χ3n) is 2.52. The minimum absolute atomic E-state index is 0.0410. The topological polar surface area (TPSA) is 48.9 Å². The van der Waals surface area contributed by atoms with Crippen molar-refractivity contribution in [2.45, 2.75) is 20.0 Å². The van der Waals surface area contributed by atoms with Gasteiger partial charge in [0.25, 0.3) is 0 Å². The number of hydrogen-bond donors (Lipinski definition) is 2. The minimum Gasteiger partial charge on any atom is -0.390 e. The zero-order valence-electron chi connectivity index (χ0n) is 9.00. The monoisotopic (exact) mass is 280 g/mol. The Bertz CT molecular complexity index is 476. The van der Waals surface area contributed by atoms with Gasteiger partial charge in [0.15, 0.2) is 0 Å². The van der Waals surface area contributed by atoms with Gasteiger partial charge >= 0.3 is 0 Å². The summed E-state index contributed by atoms with van der Waals surface area (Å²) in [5.74, 6) is 0.776. The van der Waals surface area contributed by atoms with Crippen molar-refractivity contribution in [3.63, 3.8) is 0 Å². The smallest absolute Gasteiger partial charge is 0.138 e. The number of nitrogens with one attached hydrogen (secondary N) is 1. The highest BCUT2D eigenvalue weighted by molar-refractivity contribution is 9.10. The van der Waals surface area contributed by atoms with Crippen LogP contribution in [0.4, 0.5) is 0 Å². The number of nitrogens with zero attached hydrogens (tertiary/aromatic N) is 1. The van der Waals surface area contributed by atoms with Gasteiger partial charge in [-0.2, -0.15) is 0 Å². The number of H-pyrrole nitrogens is 1. The lowest BCUT2D eigenvalue weighted by Gasteiger charge is -1.99. The van der Waals surface area contributed by atoms with Gasteiger partial charge in [-0.1, -0.05) is 31.2 Å². The predicted octanol–water partition coefficient (Wildman–Crippen LogP) is 2.89. The Labute approximate surface area is 103 Å². The van der Waals surface area contributed by atoms with Gasteiger partial charge in [-0.25, -0.2) is 4.98 Å². The number of aromatic amines is 1. The molecule has 2 rings (SSSR count). The molecule has 4 heteroatoms. The highest BCUT2D eigenvalue weighted by atomic mass is 79.9. The standard InChI is InChI=1S/C12H13BrN2O/c1-2-8-3-5-9(6-4-8)12-14-10(7-16)11(13)15-12/h3-6,16H,2,7H2,1H3,(H,14,15). The van der Waals surface area contributed by atoms with Crippen LogP contribution in [0.1, 0.15) is 18.2 Å². The summed E-state index contributed by atoms with van der Waals surface area (Å²) in [7, 11) is 0. The fraction of sp³-hybridized carbons (Fsp3) is 0.250. The second kappa shape index (κ2) is 4.80. The number of hydrogen-bond acceptors (Lipinski definition) is 2. The van der Waals surface area contributed by atoms with E-state index in [-0.39, 0.29) is 6.61 Å². The van der Waals surface area contributed by atoms with Crippen LogP contribution in [0, 0.1) is 0 Å². The molecule has 1 heterocycles. The molecule has 1 aromatic heterocycles. The first kappa shape index (κ1) is 11.4. The Morgan fingerprint density at radius 1 is 1.31 bits per heavy atom. The number of aryl methyl sites for hydroxylation is 1. The Morgan fingerprint density at radius 2 is 2.00 bits per heavy atom. The summed E-state index contributed by atoms with van der Waals surface area (Å²) in [6.07, 6.45) is 1.03. The lowest BCUT2D eigenvalue weighted by Crippen LogP contribution is -1.85. The molecule has 0 radical (unpaired) electrons. The first-order chi connectivity index (χ1) is 7.74. The Morgan fingerprint density at radius 3 is 2.50 bits per heavy atom. The van der Waals surface area contributed by atoms with Crippen LogP contribution in [0.25, 0.3) is 11.4 Å². The van der Waals surface area contributed by atoms with Crippen LogP contribution in [0.3, 0.4) is 0 Å². The lowest BCUT2D eigenvalue weighted by molar-refractivity contribution is 0.276. The van der Waals surface area contributed by atoms with Gasteiger partial charge in [0, 0.05) is 5.56 Å². The van der Waals surface area contributed by atoms with Crippen molar-refractivity contribution in [2.24, 2.45) is 0 Å². The van der Waals surface area contributed by atoms with Crippen LogP contribution in [0.2, 0.25) is 0 Å². The van der Waals surface area contributed by atoms with Crippen LogP contribution < -0.4 is 0 Å². The van der Waals surface area contributed by atoms with Crippen molar-refractivity contribution < 1.29 is 5.11 Å². The maximum absolute atomic E-state index is 9.06. The van der Waals surface area contributed by atoms with E-state index in [0.717, 1.165) is 17.8 Å². The number of benzene rings is 1. The molecular weight excluding hydrogens is 268 g/mol. The number of aromatic nitrogens is 2. The maximum Gasteiger partial charge on any atom is 0.138 e. The third-order valence-corrected chi connectivity index (χ3v) is 3.18. The zero-order valence-corrected chi connectivity index (χ0v) is 10.6. The van der Waals surface area contributed by atoms with Crippen molar-refractivity contribution in [3.8, 4) is 11.4 Å². The summed E-state index contributed by atoms with van der Waals surface area (Å²) in [5, 5.41) is 9.06. The van der Waals surface area contributed by atoms with E-state index in [1.807, 2.05) is 12.1 Å². The summed E-state index contributed by atoms with van der Waals surface area (Å²) >= 11 is 3.30. The quantitative estimate of drug-likeness (QED) is 0.908. The number of rotatable bonds is 3. The highest BCUT2D eigenvalue weighted by Gasteiger charge is 2.08. The third kappa shape index (κ3) is 2.18. The number of halogens is 1. The molecule has 0 amide bonds. The van der Waals surface area contributed by atoms with E-state index in [1.165, 1.54) is 5.56 Å². The molecule has 2 N–H and O–H groups in total. The predicted molar refractivity (Wildman–Crippen MR) is 67.0 cm³/mol. The van der Waals surface area contributed by atoms with Crippen molar-refractivity contribution in [3.05, 3.63) is 40.1 Å². The highest BCUT2D eigenvalue weighted by Crippen LogP contribution is 2.22. The van der Waals surface area contributed by atoms with Gasteiger partial charge in [-0.3, -0.25) is 0 Å². The second-order valence-electron chi connectivity index (χ2n) is 3.56. The molecule has 0 spiro atoms. The van der Waals surface area contributed by atoms with Gasteiger partial charge < -0.3 is 10.1 Å². The average Bonchev–Trinajstić information content (AvgIpc) is 2.71. The van der Waals surface area contributed by atoms with Crippen LogP contribution in [0.5, 0.6) is 0 Å². The molecule has 0 aliphatic heterocycles. The molecule has 84 valence electrons. The summed E-state index contributed by atoms with van der Waals surface area (Å²) in [5.41, 5.74) is 3.03. The van der Waals surface area contributed by atoms with Crippen LogP contribution >= 0.6 is 15.9 Å². The average molecular weight is 281 g/mol. The van der Waals surface area contributed by atoms with Crippen molar-refractivity contribution in [1.29, 1.82) is 0 Å². The van der Waals surface area contributed by atoms with Crippen molar-refractivity contribution in [1.82, 2.24) is 9.97 Å². The molecule has 1 aromatic carbocycles. The Balaban J connectivity index is 2.34. The van der Waals surface area contributed by atoms with Gasteiger partial charge in [-0.15, -0.1) is 0 Å². The largest absolute Gasteiger partial charge is 0.390 e. The molecule has 0 atom stereocenters. The van der Waals surface area contributed by atoms with Gasteiger partial charge in [0.05, 0.1) is 12.3 Å². The molecule has 16 heavy (non-hydrogen) atoms. The van der Waals surface area contributed by atoms with E-state index in [2.05, 4.69) is 45.0 Å². The number of imidazole rings is 1. The molecule has 0 saturated carbocycles. The number of aliphatic hydroxyl groups excluding tert-OH is 1. The fourth-order valence-corrected chi connectivity index (χ4v) is 1.93. The summed E-state index contributed by atoms with van der Waals surface area (Å²) in [6.45, 7) is 2.09. The van der Waals surface area contributed by atoms with E-state index in [9.17, 15) is 0 Å². The summed E-state index contributed by atoms with van der Waals surface area (Å²) < 4.78 is 0.671. The fourth-order valence-electron chi connectivity index (χ4n) is 1.53. The normalized spacial score (nSPS) is 10.7. The van der Waals surface area contributed by atoms with E-state index in [0.29, 0.717) is 10.3 Å². The van der Waals surface area contributed by atoms with Crippen LogP contribution in [-0.2, 0) is 13.0 Å². The van der Waals surface area contributed by atoms with Crippen molar-refractivity contribution in [2.75, 3.05) is 0 Å². The first-order valence-corrected chi connectivity index (χ1v) is 5.98. The zero-order chi connectivity index (χ0) is 11.5. The molecule has 0 bridgehead atoms.